The number of nitriles is 1. The van der Waals surface area contributed by atoms with Crippen LogP contribution in [0.4, 0.5) is 0 Å². The number of halogens is 2. The van der Waals surface area contributed by atoms with Crippen molar-refractivity contribution in [2.45, 2.75) is 24.8 Å². The van der Waals surface area contributed by atoms with Gasteiger partial charge in [0.2, 0.25) is 0 Å². The van der Waals surface area contributed by atoms with Crippen molar-refractivity contribution in [3.8, 4) is 23.3 Å². The Morgan fingerprint density at radius 1 is 1.09 bits per heavy atom. The Balaban J connectivity index is 1.40. The standard InChI is InChI=1S/C24H16Cl2N8O/c25-16-2-1-3-17(26)21(16)34-22(31-32-23(34)18-6-7-28-12-29-18)14-9-15(10-14)33-20-5-4-13(11-27)8-19(20)30-24(33)35/h1-8,12,14-15H,9-10H2,(H,30,35)/t14-,15-. The van der Waals surface area contributed by atoms with Gasteiger partial charge in [0.15, 0.2) is 5.82 Å². The van der Waals surface area contributed by atoms with E-state index in [1.165, 1.54) is 6.33 Å². The predicted octanol–water partition coefficient (Wildman–Crippen LogP) is 4.66. The molecule has 0 radical (unpaired) electrons. The normalized spacial score (nSPS) is 17.3. The van der Waals surface area contributed by atoms with Crippen molar-refractivity contribution in [1.29, 1.82) is 5.26 Å². The van der Waals surface area contributed by atoms with Gasteiger partial charge in [-0.3, -0.25) is 9.13 Å². The molecule has 1 aliphatic rings. The SMILES string of the molecule is N#Cc1ccc2c(c1)[nH]c(=O)n2[C@H]1C[C@H](c2nnc(-c3ccncn3)n2-c2c(Cl)cccc2Cl)C1. The Bertz CT molecular complexity index is 1660. The molecule has 0 spiro atoms. The van der Waals surface area contributed by atoms with Crippen LogP contribution in [0, 0.1) is 11.3 Å². The predicted molar refractivity (Wildman–Crippen MR) is 131 cm³/mol. The third-order valence-electron chi connectivity index (χ3n) is 6.35. The molecule has 2 aromatic carbocycles. The third kappa shape index (κ3) is 3.50. The molecule has 0 aliphatic heterocycles. The highest BCUT2D eigenvalue weighted by Crippen LogP contribution is 2.46. The molecule has 0 saturated heterocycles. The molecule has 1 N–H and O–H groups in total. The van der Waals surface area contributed by atoms with E-state index in [2.05, 4.69) is 31.2 Å². The second-order valence-corrected chi connectivity index (χ2v) is 9.16. The quantitative estimate of drug-likeness (QED) is 0.381. The Morgan fingerprint density at radius 3 is 2.60 bits per heavy atom. The van der Waals surface area contributed by atoms with Crippen molar-refractivity contribution in [3.63, 3.8) is 0 Å². The summed E-state index contributed by atoms with van der Waals surface area (Å²) in [5, 5.41) is 19.0. The van der Waals surface area contributed by atoms with E-state index in [1.807, 2.05) is 4.57 Å². The molecule has 1 fully saturated rings. The first kappa shape index (κ1) is 21.5. The number of para-hydroxylation sites is 1. The molecular weight excluding hydrogens is 487 g/mol. The van der Waals surface area contributed by atoms with Crippen LogP contribution in [0.3, 0.4) is 0 Å². The van der Waals surface area contributed by atoms with Crippen molar-refractivity contribution in [1.82, 2.24) is 34.3 Å². The zero-order valence-electron chi connectivity index (χ0n) is 18.1. The van der Waals surface area contributed by atoms with Crippen LogP contribution in [-0.4, -0.2) is 34.3 Å². The molecule has 0 amide bonds. The second kappa shape index (κ2) is 8.34. The number of H-pyrrole nitrogens is 1. The van der Waals surface area contributed by atoms with Crippen molar-refractivity contribution in [2.24, 2.45) is 0 Å². The highest BCUT2D eigenvalue weighted by molar-refractivity contribution is 6.37. The summed E-state index contributed by atoms with van der Waals surface area (Å²) < 4.78 is 3.60. The van der Waals surface area contributed by atoms with Crippen LogP contribution in [0.25, 0.3) is 28.2 Å². The molecule has 9 nitrogen and oxygen atoms in total. The number of hydrogen-bond acceptors (Lipinski definition) is 6. The minimum atomic E-state index is -0.198. The van der Waals surface area contributed by atoms with Gasteiger partial charge in [0.1, 0.15) is 17.8 Å². The van der Waals surface area contributed by atoms with Crippen LogP contribution in [0.5, 0.6) is 0 Å². The highest BCUT2D eigenvalue weighted by Gasteiger charge is 2.38. The van der Waals surface area contributed by atoms with Gasteiger partial charge in [-0.05, 0) is 49.2 Å². The summed E-state index contributed by atoms with van der Waals surface area (Å²) in [6.45, 7) is 0. The fourth-order valence-corrected chi connectivity index (χ4v) is 5.21. The lowest BCUT2D eigenvalue weighted by atomic mass is 9.79. The number of fused-ring (bicyclic) bond motifs is 1. The maximum atomic E-state index is 12.7. The van der Waals surface area contributed by atoms with Crippen molar-refractivity contribution in [2.75, 3.05) is 0 Å². The summed E-state index contributed by atoms with van der Waals surface area (Å²) in [5.74, 6) is 1.23. The Morgan fingerprint density at radius 2 is 1.89 bits per heavy atom. The minimum absolute atomic E-state index is 0.0191. The van der Waals surface area contributed by atoms with Gasteiger partial charge < -0.3 is 4.98 Å². The van der Waals surface area contributed by atoms with E-state index in [1.54, 1.807) is 53.2 Å². The van der Waals surface area contributed by atoms with Gasteiger partial charge in [-0.2, -0.15) is 5.26 Å². The van der Waals surface area contributed by atoms with Gasteiger partial charge in [0.05, 0.1) is 38.4 Å². The maximum Gasteiger partial charge on any atom is 0.326 e. The molecule has 3 heterocycles. The van der Waals surface area contributed by atoms with Gasteiger partial charge in [0.25, 0.3) is 0 Å². The Labute approximate surface area is 208 Å². The van der Waals surface area contributed by atoms with Gasteiger partial charge in [-0.15, -0.1) is 10.2 Å². The summed E-state index contributed by atoms with van der Waals surface area (Å²) in [6, 6.07) is 14.3. The highest BCUT2D eigenvalue weighted by atomic mass is 35.5. The molecule has 0 unspecified atom stereocenters. The Kier molecular flexibility index (Phi) is 5.13. The topological polar surface area (TPSA) is 118 Å². The summed E-state index contributed by atoms with van der Waals surface area (Å²) in [6.07, 6.45) is 4.44. The minimum Gasteiger partial charge on any atom is -0.305 e. The average Bonchev–Trinajstić information content (AvgIpc) is 3.39. The van der Waals surface area contributed by atoms with Gasteiger partial charge in [-0.25, -0.2) is 14.8 Å². The lowest BCUT2D eigenvalue weighted by Crippen LogP contribution is -2.32. The number of nitrogens with one attached hydrogen (secondary N) is 1. The number of nitrogens with zero attached hydrogens (tertiary/aromatic N) is 7. The summed E-state index contributed by atoms with van der Waals surface area (Å²) in [5.41, 5.74) is 2.90. The van der Waals surface area contributed by atoms with Crippen LogP contribution in [0.2, 0.25) is 10.0 Å². The summed E-state index contributed by atoms with van der Waals surface area (Å²) in [4.78, 5) is 23.9. The number of aromatic nitrogens is 7. The number of aromatic amines is 1. The molecule has 6 rings (SSSR count). The zero-order chi connectivity index (χ0) is 24.1. The van der Waals surface area contributed by atoms with E-state index in [0.29, 0.717) is 57.0 Å². The molecule has 1 saturated carbocycles. The van der Waals surface area contributed by atoms with Gasteiger partial charge in [0, 0.05) is 18.2 Å². The van der Waals surface area contributed by atoms with Crippen LogP contribution in [0.1, 0.15) is 36.2 Å². The van der Waals surface area contributed by atoms with Crippen molar-refractivity contribution in [3.05, 3.63) is 86.9 Å². The van der Waals surface area contributed by atoms with E-state index >= 15 is 0 Å². The molecule has 3 aromatic heterocycles. The van der Waals surface area contributed by atoms with E-state index in [9.17, 15) is 4.79 Å². The van der Waals surface area contributed by atoms with Crippen LogP contribution < -0.4 is 5.69 Å². The van der Waals surface area contributed by atoms with Gasteiger partial charge in [-0.1, -0.05) is 29.3 Å². The first-order valence-electron chi connectivity index (χ1n) is 10.9. The fraction of sp³-hybridized carbons (Fsp3) is 0.167. The summed E-state index contributed by atoms with van der Waals surface area (Å²) >= 11 is 13.1. The van der Waals surface area contributed by atoms with Crippen molar-refractivity contribution >= 4 is 34.2 Å². The average molecular weight is 503 g/mol. The first-order chi connectivity index (χ1) is 17.0. The number of benzene rings is 2. The molecule has 0 atom stereocenters. The fourth-order valence-electron chi connectivity index (χ4n) is 4.65. The molecular formula is C24H16Cl2N8O. The van der Waals surface area contributed by atoms with Crippen LogP contribution in [0.15, 0.2) is 59.8 Å². The maximum absolute atomic E-state index is 12.7. The first-order valence-corrected chi connectivity index (χ1v) is 11.6. The molecule has 172 valence electrons. The van der Waals surface area contributed by atoms with Crippen LogP contribution in [-0.2, 0) is 0 Å². The summed E-state index contributed by atoms with van der Waals surface area (Å²) in [7, 11) is 0. The van der Waals surface area contributed by atoms with Gasteiger partial charge >= 0.3 is 5.69 Å². The molecule has 0 bridgehead atoms. The second-order valence-electron chi connectivity index (χ2n) is 8.35. The van der Waals surface area contributed by atoms with E-state index in [-0.39, 0.29) is 17.6 Å². The van der Waals surface area contributed by atoms with E-state index < -0.39 is 0 Å². The molecule has 35 heavy (non-hydrogen) atoms. The smallest absolute Gasteiger partial charge is 0.305 e. The van der Waals surface area contributed by atoms with E-state index in [4.69, 9.17) is 28.5 Å². The number of hydrogen-bond donors (Lipinski definition) is 1. The third-order valence-corrected chi connectivity index (χ3v) is 6.96. The van der Waals surface area contributed by atoms with E-state index in [0.717, 1.165) is 5.52 Å². The molecule has 5 aromatic rings. The largest absolute Gasteiger partial charge is 0.326 e. The zero-order valence-corrected chi connectivity index (χ0v) is 19.6. The number of imidazole rings is 1. The molecule has 11 heteroatoms. The monoisotopic (exact) mass is 502 g/mol. The van der Waals surface area contributed by atoms with Crippen LogP contribution >= 0.6 is 23.2 Å². The number of rotatable bonds is 4. The lowest BCUT2D eigenvalue weighted by Gasteiger charge is -2.35. The Hall–Kier alpha value is -4.00. The van der Waals surface area contributed by atoms with Crippen molar-refractivity contribution < 1.29 is 0 Å². The lowest BCUT2D eigenvalue weighted by molar-refractivity contribution is 0.254. The molecule has 1 aliphatic carbocycles.